The Balaban J connectivity index is 1.74. The van der Waals surface area contributed by atoms with Crippen molar-refractivity contribution < 1.29 is 14.6 Å². The Labute approximate surface area is 128 Å². The third-order valence-corrected chi connectivity index (χ3v) is 5.25. The van der Waals surface area contributed by atoms with Gasteiger partial charge in [0.05, 0.1) is 5.75 Å². The number of aromatic nitrogens is 3. The molecule has 2 aliphatic carbocycles. The van der Waals surface area contributed by atoms with E-state index in [4.69, 9.17) is 9.84 Å². The zero-order valence-electron chi connectivity index (χ0n) is 12.2. The Morgan fingerprint density at radius 2 is 2.24 bits per heavy atom. The molecule has 0 aliphatic heterocycles. The molecule has 2 aliphatic rings. The Morgan fingerprint density at radius 3 is 2.81 bits per heavy atom. The topological polar surface area (TPSA) is 77.2 Å². The lowest BCUT2D eigenvalue weighted by molar-refractivity contribution is -0.133. The lowest BCUT2D eigenvalue weighted by Gasteiger charge is -2.18. The van der Waals surface area contributed by atoms with Crippen molar-refractivity contribution in [2.45, 2.75) is 49.7 Å². The highest BCUT2D eigenvalue weighted by atomic mass is 32.2. The van der Waals surface area contributed by atoms with Crippen molar-refractivity contribution in [2.24, 2.45) is 5.41 Å². The molecule has 1 N–H and O–H groups in total. The molecule has 0 bridgehead atoms. The summed E-state index contributed by atoms with van der Waals surface area (Å²) in [4.78, 5) is 10.8. The molecule has 2 saturated carbocycles. The van der Waals surface area contributed by atoms with Gasteiger partial charge in [-0.3, -0.25) is 4.79 Å². The maximum Gasteiger partial charge on any atom is 0.313 e. The number of thioether (sulfide) groups is 1. The number of hydrogen-bond acceptors (Lipinski definition) is 5. The number of rotatable bonds is 9. The van der Waals surface area contributed by atoms with Crippen LogP contribution < -0.4 is 0 Å². The molecule has 0 spiro atoms. The highest BCUT2D eigenvalue weighted by molar-refractivity contribution is 7.99. The lowest BCUT2D eigenvalue weighted by atomic mass is 10.0. The molecule has 0 amide bonds. The van der Waals surface area contributed by atoms with E-state index in [1.165, 1.54) is 37.4 Å². The van der Waals surface area contributed by atoms with Gasteiger partial charge in [-0.05, 0) is 37.5 Å². The Morgan fingerprint density at radius 1 is 1.48 bits per heavy atom. The number of nitrogens with zero attached hydrogens (tertiary/aromatic N) is 3. The Hall–Kier alpha value is -1.08. The van der Waals surface area contributed by atoms with Crippen LogP contribution in [0, 0.1) is 5.41 Å². The number of carboxylic acids is 1. The van der Waals surface area contributed by atoms with E-state index in [9.17, 15) is 4.79 Å². The fourth-order valence-electron chi connectivity index (χ4n) is 2.64. The predicted molar refractivity (Wildman–Crippen MR) is 78.5 cm³/mol. The third kappa shape index (κ3) is 3.58. The van der Waals surface area contributed by atoms with E-state index in [-0.39, 0.29) is 5.75 Å². The highest BCUT2D eigenvalue weighted by Gasteiger charge is 2.44. The first-order chi connectivity index (χ1) is 10.1. The van der Waals surface area contributed by atoms with E-state index >= 15 is 0 Å². The van der Waals surface area contributed by atoms with Crippen molar-refractivity contribution >= 4 is 17.7 Å². The summed E-state index contributed by atoms with van der Waals surface area (Å²) < 4.78 is 7.39. The summed E-state index contributed by atoms with van der Waals surface area (Å²) in [7, 11) is 1.73. The number of methoxy groups -OCH3 is 1. The van der Waals surface area contributed by atoms with Crippen molar-refractivity contribution in [3.05, 3.63) is 5.82 Å². The summed E-state index contributed by atoms with van der Waals surface area (Å²) >= 11 is 1.27. The summed E-state index contributed by atoms with van der Waals surface area (Å²) in [5.74, 6) is 0.790. The van der Waals surface area contributed by atoms with Crippen LogP contribution in [0.25, 0.3) is 0 Å². The zero-order valence-corrected chi connectivity index (χ0v) is 13.1. The molecule has 1 aromatic rings. The zero-order chi connectivity index (χ0) is 14.9. The van der Waals surface area contributed by atoms with Gasteiger partial charge in [0.25, 0.3) is 0 Å². The van der Waals surface area contributed by atoms with Crippen LogP contribution in [0.4, 0.5) is 0 Å². The average Bonchev–Trinajstić information content (AvgIpc) is 3.36. The van der Waals surface area contributed by atoms with Crippen molar-refractivity contribution in [2.75, 3.05) is 19.5 Å². The van der Waals surface area contributed by atoms with Crippen LogP contribution in [0.2, 0.25) is 0 Å². The van der Waals surface area contributed by atoms with E-state index in [1.54, 1.807) is 7.11 Å². The standard InChI is InChI=1S/C14H21N3O3S/c1-20-7-6-14(4-5-14)9-17-12(10-2-3-10)15-16-13(17)21-8-11(18)19/h10H,2-9H2,1H3,(H,18,19). The maximum atomic E-state index is 10.8. The van der Waals surface area contributed by atoms with Crippen LogP contribution in [0.1, 0.15) is 43.8 Å². The minimum atomic E-state index is -0.817. The summed E-state index contributed by atoms with van der Waals surface area (Å²) in [5, 5.41) is 18.2. The first kappa shape index (κ1) is 14.8. The minimum absolute atomic E-state index is 0.0356. The summed E-state index contributed by atoms with van der Waals surface area (Å²) in [6, 6.07) is 0. The molecule has 0 aromatic carbocycles. The van der Waals surface area contributed by atoms with Gasteiger partial charge in [0.2, 0.25) is 0 Å². The molecule has 6 nitrogen and oxygen atoms in total. The van der Waals surface area contributed by atoms with Gasteiger partial charge < -0.3 is 14.4 Å². The first-order valence-corrected chi connectivity index (χ1v) is 8.39. The van der Waals surface area contributed by atoms with Crippen molar-refractivity contribution in [3.8, 4) is 0 Å². The molecule has 0 radical (unpaired) electrons. The largest absolute Gasteiger partial charge is 0.481 e. The molecule has 3 rings (SSSR count). The number of aliphatic carboxylic acids is 1. The van der Waals surface area contributed by atoms with Crippen LogP contribution in [-0.2, 0) is 16.1 Å². The van der Waals surface area contributed by atoms with Gasteiger partial charge in [0.1, 0.15) is 5.82 Å². The molecule has 1 aromatic heterocycles. The fourth-order valence-corrected chi connectivity index (χ4v) is 3.31. The quantitative estimate of drug-likeness (QED) is 0.704. The minimum Gasteiger partial charge on any atom is -0.481 e. The van der Waals surface area contributed by atoms with Crippen LogP contribution in [0.5, 0.6) is 0 Å². The first-order valence-electron chi connectivity index (χ1n) is 7.40. The molecule has 0 atom stereocenters. The lowest BCUT2D eigenvalue weighted by Crippen LogP contribution is -2.17. The molecule has 0 unspecified atom stereocenters. The van der Waals surface area contributed by atoms with E-state index in [2.05, 4.69) is 14.8 Å². The van der Waals surface area contributed by atoms with Crippen LogP contribution in [0.15, 0.2) is 5.16 Å². The van der Waals surface area contributed by atoms with Gasteiger partial charge in [0.15, 0.2) is 5.16 Å². The molecule has 0 saturated heterocycles. The molecule has 21 heavy (non-hydrogen) atoms. The van der Waals surface area contributed by atoms with Crippen molar-refractivity contribution in [1.29, 1.82) is 0 Å². The Bertz CT molecular complexity index is 524. The van der Waals surface area contributed by atoms with Crippen molar-refractivity contribution in [3.63, 3.8) is 0 Å². The van der Waals surface area contributed by atoms with E-state index < -0.39 is 5.97 Å². The van der Waals surface area contributed by atoms with Crippen LogP contribution in [-0.4, -0.2) is 45.3 Å². The summed E-state index contributed by atoms with van der Waals surface area (Å²) in [6.07, 6.45) is 5.82. The molecular weight excluding hydrogens is 290 g/mol. The number of hydrogen-bond donors (Lipinski definition) is 1. The van der Waals surface area contributed by atoms with Gasteiger partial charge in [-0.2, -0.15) is 0 Å². The van der Waals surface area contributed by atoms with Gasteiger partial charge in [0, 0.05) is 26.2 Å². The van der Waals surface area contributed by atoms with Gasteiger partial charge in [-0.1, -0.05) is 11.8 Å². The van der Waals surface area contributed by atoms with Crippen LogP contribution >= 0.6 is 11.8 Å². The molecule has 1 heterocycles. The highest BCUT2D eigenvalue weighted by Crippen LogP contribution is 2.51. The fraction of sp³-hybridized carbons (Fsp3) is 0.786. The molecule has 7 heteroatoms. The average molecular weight is 311 g/mol. The molecule has 2 fully saturated rings. The van der Waals surface area contributed by atoms with E-state index in [1.807, 2.05) is 0 Å². The summed E-state index contributed by atoms with van der Waals surface area (Å²) in [5.41, 5.74) is 0.306. The molecular formula is C14H21N3O3S. The monoisotopic (exact) mass is 311 g/mol. The van der Waals surface area contributed by atoms with Gasteiger partial charge in [-0.25, -0.2) is 0 Å². The Kier molecular flexibility index (Phi) is 4.21. The third-order valence-electron chi connectivity index (χ3n) is 4.30. The number of carboxylic acid groups (broad SMARTS) is 1. The normalized spacial score (nSPS) is 19.7. The smallest absolute Gasteiger partial charge is 0.313 e. The van der Waals surface area contributed by atoms with Gasteiger partial charge >= 0.3 is 5.97 Å². The van der Waals surface area contributed by atoms with E-state index in [0.717, 1.165) is 30.6 Å². The molecule has 116 valence electrons. The van der Waals surface area contributed by atoms with Crippen LogP contribution in [0.3, 0.4) is 0 Å². The second kappa shape index (κ2) is 5.96. The van der Waals surface area contributed by atoms with Crippen molar-refractivity contribution in [1.82, 2.24) is 14.8 Å². The number of ether oxygens (including phenoxy) is 1. The predicted octanol–water partition coefficient (Wildman–Crippen LogP) is 2.15. The summed E-state index contributed by atoms with van der Waals surface area (Å²) in [6.45, 7) is 1.68. The maximum absolute atomic E-state index is 10.8. The second-order valence-electron chi connectivity index (χ2n) is 6.13. The number of carbonyl (C=O) groups is 1. The van der Waals surface area contributed by atoms with Gasteiger partial charge in [-0.15, -0.1) is 10.2 Å². The second-order valence-corrected chi connectivity index (χ2v) is 7.07. The SMILES string of the molecule is COCCC1(Cn2c(SCC(=O)O)nnc2C2CC2)CC1. The van der Waals surface area contributed by atoms with E-state index in [0.29, 0.717) is 11.3 Å².